The van der Waals surface area contributed by atoms with E-state index in [1.807, 2.05) is 0 Å². The van der Waals surface area contributed by atoms with Crippen LogP contribution in [0.5, 0.6) is 0 Å². The quantitative estimate of drug-likeness (QED) is 0.747. The molecule has 0 amide bonds. The van der Waals surface area contributed by atoms with Gasteiger partial charge in [-0.2, -0.15) is 0 Å². The maximum absolute atomic E-state index is 12.8. The first-order valence-corrected chi connectivity index (χ1v) is 7.11. The second-order valence-electron chi connectivity index (χ2n) is 4.62. The number of halogens is 3. The van der Waals surface area contributed by atoms with E-state index in [0.717, 1.165) is 5.56 Å². The lowest BCUT2D eigenvalue weighted by Gasteiger charge is -2.01. The van der Waals surface area contributed by atoms with Crippen molar-refractivity contribution >= 4 is 46.4 Å². The maximum Gasteiger partial charge on any atom is 0.274 e. The number of hydrogen-bond acceptors (Lipinski definition) is 2. The minimum absolute atomic E-state index is 0.232. The highest BCUT2D eigenvalue weighted by Crippen LogP contribution is 2.25. The molecule has 1 N–H and O–H groups in total. The van der Waals surface area contributed by atoms with Gasteiger partial charge in [-0.25, -0.2) is 9.37 Å². The number of nitrogens with one attached hydrogen (secondary N) is 1. The second kappa shape index (κ2) is 5.91. The predicted octanol–water partition coefficient (Wildman–Crippen LogP) is 4.54. The number of rotatable bonds is 2. The van der Waals surface area contributed by atoms with Crippen LogP contribution in [-0.4, -0.2) is 9.97 Å². The third-order valence-electron chi connectivity index (χ3n) is 3.06. The van der Waals surface area contributed by atoms with Crippen LogP contribution in [0.4, 0.5) is 4.39 Å². The van der Waals surface area contributed by atoms with Gasteiger partial charge in [0.25, 0.3) is 5.56 Å². The highest BCUT2D eigenvalue weighted by atomic mass is 35.5. The van der Waals surface area contributed by atoms with Crippen LogP contribution < -0.4 is 5.56 Å². The van der Waals surface area contributed by atoms with Crippen LogP contribution in [0, 0.1) is 5.82 Å². The van der Waals surface area contributed by atoms with Crippen molar-refractivity contribution < 1.29 is 4.39 Å². The Hall–Kier alpha value is -2.17. The second-order valence-corrected chi connectivity index (χ2v) is 5.43. The average molecular weight is 335 g/mol. The van der Waals surface area contributed by atoms with E-state index in [9.17, 15) is 9.18 Å². The molecule has 0 radical (unpaired) electrons. The van der Waals surface area contributed by atoms with Crippen molar-refractivity contribution in [3.63, 3.8) is 0 Å². The fraction of sp³-hybridized carbons (Fsp3) is 0. The first kappa shape index (κ1) is 14.8. The van der Waals surface area contributed by atoms with E-state index < -0.39 is 0 Å². The molecule has 110 valence electrons. The molecule has 1 aromatic heterocycles. The molecule has 22 heavy (non-hydrogen) atoms. The fourth-order valence-corrected chi connectivity index (χ4v) is 2.28. The monoisotopic (exact) mass is 334 g/mol. The van der Waals surface area contributed by atoms with Crippen molar-refractivity contribution in [2.24, 2.45) is 0 Å². The van der Waals surface area contributed by atoms with E-state index in [0.29, 0.717) is 21.1 Å². The number of benzene rings is 2. The highest BCUT2D eigenvalue weighted by molar-refractivity contribution is 6.42. The van der Waals surface area contributed by atoms with Gasteiger partial charge in [0.2, 0.25) is 0 Å². The van der Waals surface area contributed by atoms with Gasteiger partial charge >= 0.3 is 0 Å². The van der Waals surface area contributed by atoms with E-state index in [4.69, 9.17) is 23.2 Å². The summed E-state index contributed by atoms with van der Waals surface area (Å²) in [4.78, 5) is 19.0. The smallest absolute Gasteiger partial charge is 0.274 e. The Morgan fingerprint density at radius 2 is 1.73 bits per heavy atom. The summed E-state index contributed by atoms with van der Waals surface area (Å²) in [5.74, 6) is -0.314. The molecule has 0 saturated heterocycles. The summed E-state index contributed by atoms with van der Waals surface area (Å²) in [5, 5.41) is 0.711. The molecular weight excluding hydrogens is 326 g/mol. The SMILES string of the molecule is O=c1[nH]c2cc(Cl)c(Cl)cc2nc1/C=C/c1ccc(F)cc1. The van der Waals surface area contributed by atoms with Gasteiger partial charge in [-0.1, -0.05) is 41.4 Å². The first-order valence-electron chi connectivity index (χ1n) is 6.36. The minimum atomic E-state index is -0.343. The molecule has 6 heteroatoms. The van der Waals surface area contributed by atoms with E-state index >= 15 is 0 Å². The van der Waals surface area contributed by atoms with E-state index in [-0.39, 0.29) is 17.1 Å². The van der Waals surface area contributed by atoms with Gasteiger partial charge in [0, 0.05) is 0 Å². The lowest BCUT2D eigenvalue weighted by molar-refractivity contribution is 0.628. The third kappa shape index (κ3) is 3.03. The molecule has 1 heterocycles. The van der Waals surface area contributed by atoms with Gasteiger partial charge in [0.05, 0.1) is 21.1 Å². The number of fused-ring (bicyclic) bond motifs is 1. The van der Waals surface area contributed by atoms with E-state index in [2.05, 4.69) is 9.97 Å². The lowest BCUT2D eigenvalue weighted by Crippen LogP contribution is -2.11. The summed E-state index contributed by atoms with van der Waals surface area (Å²) < 4.78 is 12.8. The number of H-pyrrole nitrogens is 1. The normalized spacial score (nSPS) is 11.4. The van der Waals surface area contributed by atoms with Crippen LogP contribution in [0.2, 0.25) is 10.0 Å². The van der Waals surface area contributed by atoms with Gasteiger partial charge in [-0.3, -0.25) is 4.79 Å². The highest BCUT2D eigenvalue weighted by Gasteiger charge is 2.06. The van der Waals surface area contributed by atoms with E-state index in [1.54, 1.807) is 36.4 Å². The molecule has 3 aromatic rings. The molecule has 0 bridgehead atoms. The van der Waals surface area contributed by atoms with Crippen LogP contribution in [0.15, 0.2) is 41.2 Å². The Morgan fingerprint density at radius 1 is 1.05 bits per heavy atom. The minimum Gasteiger partial charge on any atom is -0.319 e. The van der Waals surface area contributed by atoms with E-state index in [1.165, 1.54) is 12.1 Å². The summed E-state index contributed by atoms with van der Waals surface area (Å²) in [7, 11) is 0. The van der Waals surface area contributed by atoms with Crippen molar-refractivity contribution in [3.8, 4) is 0 Å². The molecule has 3 rings (SSSR count). The molecule has 2 aromatic carbocycles. The zero-order valence-electron chi connectivity index (χ0n) is 11.1. The largest absolute Gasteiger partial charge is 0.319 e. The summed E-state index contributed by atoms with van der Waals surface area (Å²) in [6.45, 7) is 0. The molecule has 0 spiro atoms. The van der Waals surface area contributed by atoms with Crippen molar-refractivity contribution in [3.05, 3.63) is 73.9 Å². The molecule has 0 aliphatic rings. The zero-order chi connectivity index (χ0) is 15.7. The summed E-state index contributed by atoms with van der Waals surface area (Å²) in [5.41, 5.74) is 1.70. The molecule has 0 aliphatic carbocycles. The van der Waals surface area contributed by atoms with Crippen LogP contribution >= 0.6 is 23.2 Å². The summed E-state index contributed by atoms with van der Waals surface area (Å²) in [6.07, 6.45) is 3.24. The zero-order valence-corrected chi connectivity index (χ0v) is 12.6. The summed E-state index contributed by atoms with van der Waals surface area (Å²) in [6, 6.07) is 9.06. The third-order valence-corrected chi connectivity index (χ3v) is 3.79. The average Bonchev–Trinajstić information content (AvgIpc) is 2.49. The fourth-order valence-electron chi connectivity index (χ4n) is 1.96. The van der Waals surface area contributed by atoms with Gasteiger partial charge in [-0.05, 0) is 35.9 Å². The molecule has 0 atom stereocenters. The Kier molecular flexibility index (Phi) is 3.96. The van der Waals surface area contributed by atoms with Crippen LogP contribution in [0.25, 0.3) is 23.2 Å². The lowest BCUT2D eigenvalue weighted by atomic mass is 10.2. The van der Waals surface area contributed by atoms with Crippen LogP contribution in [0.1, 0.15) is 11.3 Å². The van der Waals surface area contributed by atoms with Gasteiger partial charge in [0.15, 0.2) is 0 Å². The van der Waals surface area contributed by atoms with Crippen LogP contribution in [-0.2, 0) is 0 Å². The predicted molar refractivity (Wildman–Crippen MR) is 87.7 cm³/mol. The molecule has 0 aliphatic heterocycles. The molecule has 0 unspecified atom stereocenters. The van der Waals surface area contributed by atoms with Gasteiger partial charge in [-0.15, -0.1) is 0 Å². The summed E-state index contributed by atoms with van der Waals surface area (Å²) >= 11 is 11.9. The van der Waals surface area contributed by atoms with Crippen molar-refractivity contribution in [1.82, 2.24) is 9.97 Å². The molecule has 3 nitrogen and oxygen atoms in total. The molecule has 0 fully saturated rings. The van der Waals surface area contributed by atoms with Gasteiger partial charge < -0.3 is 4.98 Å². The first-order chi connectivity index (χ1) is 10.5. The number of nitrogens with zero attached hydrogens (tertiary/aromatic N) is 1. The topological polar surface area (TPSA) is 45.8 Å². The number of aromatic nitrogens is 2. The molecule has 0 saturated carbocycles. The Bertz CT molecular complexity index is 933. The Labute approximate surface area is 135 Å². The maximum atomic E-state index is 12.8. The molecular formula is C16H9Cl2FN2O. The number of aromatic amines is 1. The standard InChI is InChI=1S/C16H9Cl2FN2O/c17-11-7-14-15(8-12(11)18)21-16(22)13(20-14)6-3-9-1-4-10(19)5-2-9/h1-8H,(H,21,22)/b6-3+. The van der Waals surface area contributed by atoms with Crippen molar-refractivity contribution in [2.45, 2.75) is 0 Å². The van der Waals surface area contributed by atoms with Crippen molar-refractivity contribution in [2.75, 3.05) is 0 Å². The Balaban J connectivity index is 2.03. The number of hydrogen-bond donors (Lipinski definition) is 1. The van der Waals surface area contributed by atoms with Crippen LogP contribution in [0.3, 0.4) is 0 Å². The van der Waals surface area contributed by atoms with Gasteiger partial charge in [0.1, 0.15) is 11.5 Å². The van der Waals surface area contributed by atoms with Crippen molar-refractivity contribution in [1.29, 1.82) is 0 Å². The Morgan fingerprint density at radius 3 is 2.45 bits per heavy atom.